The number of rotatable bonds is 2. The van der Waals surface area contributed by atoms with Gasteiger partial charge in [-0.1, -0.05) is 12.1 Å². The van der Waals surface area contributed by atoms with E-state index in [2.05, 4.69) is 0 Å². The number of nitrogens with zero attached hydrogens (tertiary/aromatic N) is 1. The van der Waals surface area contributed by atoms with Crippen LogP contribution in [0.4, 0.5) is 17.6 Å². The van der Waals surface area contributed by atoms with Crippen molar-refractivity contribution >= 4 is 16.9 Å². The van der Waals surface area contributed by atoms with Crippen molar-refractivity contribution in [3.8, 4) is 11.1 Å². The van der Waals surface area contributed by atoms with E-state index in [1.807, 2.05) is 0 Å². The van der Waals surface area contributed by atoms with Crippen molar-refractivity contribution in [2.75, 3.05) is 13.1 Å². The molecule has 1 fully saturated rings. The molecule has 0 aliphatic carbocycles. The second kappa shape index (κ2) is 5.86. The molecule has 1 saturated heterocycles. The van der Waals surface area contributed by atoms with E-state index >= 15 is 0 Å². The average molecular weight is 363 g/mol. The summed E-state index contributed by atoms with van der Waals surface area (Å²) in [4.78, 5) is 13.5. The Labute approximate surface area is 145 Å². The summed E-state index contributed by atoms with van der Waals surface area (Å²) in [5.74, 6) is -0.285. The molecule has 2 heterocycles. The van der Waals surface area contributed by atoms with Gasteiger partial charge < -0.3 is 9.32 Å². The molecule has 26 heavy (non-hydrogen) atoms. The molecule has 1 amide bonds. The fourth-order valence-corrected chi connectivity index (χ4v) is 3.04. The molecule has 0 saturated carbocycles. The number of carbonyl (C=O) groups is 1. The fourth-order valence-electron chi connectivity index (χ4n) is 3.04. The SMILES string of the molecule is O=C(c1ccc(-c2cc(C(F)(F)F)c3occc3c2)cc1)N1CC(F)C1. The molecule has 1 aromatic heterocycles. The fraction of sp³-hybridized carbons (Fsp3) is 0.211. The summed E-state index contributed by atoms with van der Waals surface area (Å²) in [5, 5.41) is 0.351. The number of hydrogen-bond acceptors (Lipinski definition) is 2. The molecule has 0 radical (unpaired) electrons. The lowest BCUT2D eigenvalue weighted by molar-refractivity contribution is -0.136. The Bertz CT molecular complexity index is 969. The monoisotopic (exact) mass is 363 g/mol. The first-order valence-electron chi connectivity index (χ1n) is 7.95. The molecule has 134 valence electrons. The Kier molecular flexibility index (Phi) is 3.75. The van der Waals surface area contributed by atoms with Gasteiger partial charge in [-0.3, -0.25) is 4.79 Å². The predicted molar refractivity (Wildman–Crippen MR) is 87.5 cm³/mol. The smallest absolute Gasteiger partial charge is 0.420 e. The number of benzene rings is 2. The maximum absolute atomic E-state index is 13.3. The van der Waals surface area contributed by atoms with E-state index < -0.39 is 17.9 Å². The van der Waals surface area contributed by atoms with E-state index in [1.165, 1.54) is 29.4 Å². The van der Waals surface area contributed by atoms with Gasteiger partial charge in [0.25, 0.3) is 5.91 Å². The molecule has 0 N–H and O–H groups in total. The minimum atomic E-state index is -4.54. The van der Waals surface area contributed by atoms with Gasteiger partial charge in [0.15, 0.2) is 0 Å². The highest BCUT2D eigenvalue weighted by molar-refractivity contribution is 5.95. The number of alkyl halides is 4. The Morgan fingerprint density at radius 3 is 2.35 bits per heavy atom. The summed E-state index contributed by atoms with van der Waals surface area (Å²) in [6, 6.07) is 10.4. The summed E-state index contributed by atoms with van der Waals surface area (Å²) < 4.78 is 57.7. The van der Waals surface area contributed by atoms with Crippen molar-refractivity contribution in [1.29, 1.82) is 0 Å². The number of hydrogen-bond donors (Lipinski definition) is 0. The highest BCUT2D eigenvalue weighted by Crippen LogP contribution is 2.38. The van der Waals surface area contributed by atoms with Crippen LogP contribution < -0.4 is 0 Å². The van der Waals surface area contributed by atoms with Crippen molar-refractivity contribution in [3.63, 3.8) is 0 Å². The number of halogens is 4. The molecule has 1 aliphatic heterocycles. The Morgan fingerprint density at radius 1 is 1.04 bits per heavy atom. The first-order chi connectivity index (χ1) is 12.3. The third-order valence-electron chi connectivity index (χ3n) is 4.45. The van der Waals surface area contributed by atoms with Crippen molar-refractivity contribution in [1.82, 2.24) is 4.90 Å². The first-order valence-corrected chi connectivity index (χ1v) is 7.95. The van der Waals surface area contributed by atoms with Crippen molar-refractivity contribution in [3.05, 3.63) is 59.9 Å². The maximum Gasteiger partial charge on any atom is 0.420 e. The van der Waals surface area contributed by atoms with Gasteiger partial charge in [-0.15, -0.1) is 0 Å². The summed E-state index contributed by atoms with van der Waals surface area (Å²) in [7, 11) is 0. The lowest BCUT2D eigenvalue weighted by Crippen LogP contribution is -2.51. The van der Waals surface area contributed by atoms with Gasteiger partial charge in [-0.2, -0.15) is 13.2 Å². The van der Waals surface area contributed by atoms with Crippen LogP contribution in [0.3, 0.4) is 0 Å². The van der Waals surface area contributed by atoms with E-state index in [4.69, 9.17) is 4.42 Å². The van der Waals surface area contributed by atoms with Gasteiger partial charge >= 0.3 is 6.18 Å². The zero-order chi connectivity index (χ0) is 18.5. The van der Waals surface area contributed by atoms with Gasteiger partial charge in [0.1, 0.15) is 11.8 Å². The van der Waals surface area contributed by atoms with Crippen LogP contribution in [0.25, 0.3) is 22.1 Å². The van der Waals surface area contributed by atoms with E-state index in [1.54, 1.807) is 18.2 Å². The number of fused-ring (bicyclic) bond motifs is 1. The zero-order valence-corrected chi connectivity index (χ0v) is 13.4. The van der Waals surface area contributed by atoms with Crippen LogP contribution in [0.15, 0.2) is 53.1 Å². The molecule has 4 rings (SSSR count). The van der Waals surface area contributed by atoms with E-state index in [0.29, 0.717) is 22.1 Å². The highest BCUT2D eigenvalue weighted by atomic mass is 19.4. The van der Waals surface area contributed by atoms with E-state index in [-0.39, 0.29) is 24.6 Å². The molecule has 1 aliphatic rings. The van der Waals surface area contributed by atoms with Crippen LogP contribution >= 0.6 is 0 Å². The average Bonchev–Trinajstić information content (AvgIpc) is 3.05. The Hall–Kier alpha value is -2.83. The summed E-state index contributed by atoms with van der Waals surface area (Å²) in [5.41, 5.74) is 0.248. The lowest BCUT2D eigenvalue weighted by atomic mass is 9.99. The minimum absolute atomic E-state index is 0.0761. The molecular formula is C19H13F4NO2. The van der Waals surface area contributed by atoms with Gasteiger partial charge in [-0.05, 0) is 41.5 Å². The van der Waals surface area contributed by atoms with Crippen LogP contribution in [0.5, 0.6) is 0 Å². The van der Waals surface area contributed by atoms with Gasteiger partial charge in [0.2, 0.25) is 0 Å². The minimum Gasteiger partial charge on any atom is -0.464 e. The van der Waals surface area contributed by atoms with Crippen LogP contribution in [-0.4, -0.2) is 30.1 Å². The normalized spacial score (nSPS) is 15.3. The lowest BCUT2D eigenvalue weighted by Gasteiger charge is -2.34. The molecular weight excluding hydrogens is 350 g/mol. The molecule has 3 nitrogen and oxygen atoms in total. The predicted octanol–water partition coefficient (Wildman–Crippen LogP) is 4.91. The van der Waals surface area contributed by atoms with Gasteiger partial charge in [0, 0.05) is 10.9 Å². The number of amides is 1. The number of furan rings is 1. The Morgan fingerprint density at radius 2 is 1.73 bits per heavy atom. The Balaban J connectivity index is 1.68. The van der Waals surface area contributed by atoms with Crippen molar-refractivity contribution < 1.29 is 26.8 Å². The highest BCUT2D eigenvalue weighted by Gasteiger charge is 2.35. The summed E-state index contributed by atoms with van der Waals surface area (Å²) in [6.45, 7) is 0.152. The third kappa shape index (κ3) is 2.83. The van der Waals surface area contributed by atoms with Gasteiger partial charge in [0.05, 0.1) is 24.9 Å². The molecule has 2 aromatic carbocycles. The molecule has 0 unspecified atom stereocenters. The zero-order valence-electron chi connectivity index (χ0n) is 13.4. The van der Waals surface area contributed by atoms with E-state index in [0.717, 1.165) is 6.07 Å². The second-order valence-corrected chi connectivity index (χ2v) is 6.25. The van der Waals surface area contributed by atoms with Crippen LogP contribution in [0.1, 0.15) is 15.9 Å². The third-order valence-corrected chi connectivity index (χ3v) is 4.45. The quantitative estimate of drug-likeness (QED) is 0.606. The number of likely N-dealkylation sites (tertiary alicyclic amines) is 1. The largest absolute Gasteiger partial charge is 0.464 e. The second-order valence-electron chi connectivity index (χ2n) is 6.25. The molecule has 0 spiro atoms. The van der Waals surface area contributed by atoms with Crippen molar-refractivity contribution in [2.45, 2.75) is 12.3 Å². The summed E-state index contributed by atoms with van der Waals surface area (Å²) >= 11 is 0. The molecule has 7 heteroatoms. The molecule has 0 bridgehead atoms. The van der Waals surface area contributed by atoms with Crippen LogP contribution in [0, 0.1) is 0 Å². The number of carbonyl (C=O) groups excluding carboxylic acids is 1. The van der Waals surface area contributed by atoms with E-state index in [9.17, 15) is 22.4 Å². The topological polar surface area (TPSA) is 33.5 Å². The van der Waals surface area contributed by atoms with Crippen LogP contribution in [-0.2, 0) is 6.18 Å². The van der Waals surface area contributed by atoms with Crippen molar-refractivity contribution in [2.24, 2.45) is 0 Å². The first kappa shape index (κ1) is 16.6. The van der Waals surface area contributed by atoms with Gasteiger partial charge in [-0.25, -0.2) is 4.39 Å². The van der Waals surface area contributed by atoms with Crippen LogP contribution in [0.2, 0.25) is 0 Å². The standard InChI is InChI=1S/C19H13F4NO2/c20-15-9-24(10-15)18(25)12-3-1-11(2-4-12)14-7-13-5-6-26-17(13)16(8-14)19(21,22)23/h1-8,15H,9-10H2. The molecule has 3 aromatic rings. The maximum atomic E-state index is 13.3. The molecule has 0 atom stereocenters. The summed E-state index contributed by atoms with van der Waals surface area (Å²) in [6.07, 6.45) is -4.31.